The second-order valence-electron chi connectivity index (χ2n) is 7.27. The summed E-state index contributed by atoms with van der Waals surface area (Å²) in [6.45, 7) is 4.20. The van der Waals surface area contributed by atoms with Crippen LogP contribution in [-0.2, 0) is 6.42 Å². The summed E-state index contributed by atoms with van der Waals surface area (Å²) in [6.07, 6.45) is 2.63. The standard InChI is InChI=1S/C25H20FN3/c1-3-17-7-4-5-10-22(17)29-25-19-8-6-9-21(26)24(19)27-15-20(25)23(28-29)18-13-11-16(2)12-14-18/h4-15H,3H2,1-2H3. The summed E-state index contributed by atoms with van der Waals surface area (Å²) in [5.41, 5.74) is 6.51. The Labute approximate surface area is 168 Å². The van der Waals surface area contributed by atoms with Crippen LogP contribution in [0.5, 0.6) is 0 Å². The number of aryl methyl sites for hydroxylation is 2. The highest BCUT2D eigenvalue weighted by Gasteiger charge is 2.19. The van der Waals surface area contributed by atoms with Crippen LogP contribution in [0.3, 0.4) is 0 Å². The van der Waals surface area contributed by atoms with Gasteiger partial charge in [0.1, 0.15) is 17.0 Å². The lowest BCUT2D eigenvalue weighted by Gasteiger charge is -2.10. The van der Waals surface area contributed by atoms with E-state index in [4.69, 9.17) is 5.10 Å². The molecule has 0 N–H and O–H groups in total. The first-order chi connectivity index (χ1) is 14.2. The zero-order chi connectivity index (χ0) is 20.0. The van der Waals surface area contributed by atoms with Crippen molar-refractivity contribution >= 4 is 21.8 Å². The summed E-state index contributed by atoms with van der Waals surface area (Å²) in [7, 11) is 0. The molecule has 0 atom stereocenters. The first kappa shape index (κ1) is 17.6. The van der Waals surface area contributed by atoms with Gasteiger partial charge >= 0.3 is 0 Å². The zero-order valence-corrected chi connectivity index (χ0v) is 16.4. The van der Waals surface area contributed by atoms with Gasteiger partial charge in [0.25, 0.3) is 0 Å². The largest absolute Gasteiger partial charge is 0.252 e. The molecule has 2 aromatic heterocycles. The molecule has 29 heavy (non-hydrogen) atoms. The molecule has 4 heteroatoms. The molecule has 0 aliphatic rings. The number of hydrogen-bond acceptors (Lipinski definition) is 2. The van der Waals surface area contributed by atoms with Gasteiger partial charge in [-0.25, -0.2) is 9.07 Å². The Hall–Kier alpha value is -3.53. The molecule has 3 aromatic carbocycles. The SMILES string of the molecule is CCc1ccccc1-n1nc(-c2ccc(C)cc2)c2cnc3c(F)cccc3c21. The molecule has 0 bridgehead atoms. The molecular weight excluding hydrogens is 361 g/mol. The van der Waals surface area contributed by atoms with Crippen molar-refractivity contribution in [2.45, 2.75) is 20.3 Å². The van der Waals surface area contributed by atoms with Crippen molar-refractivity contribution in [2.24, 2.45) is 0 Å². The molecule has 0 amide bonds. The lowest BCUT2D eigenvalue weighted by Crippen LogP contribution is -2.01. The average molecular weight is 381 g/mol. The minimum Gasteiger partial charge on any atom is -0.252 e. The number of para-hydroxylation sites is 2. The monoisotopic (exact) mass is 381 g/mol. The molecule has 0 radical (unpaired) electrons. The van der Waals surface area contributed by atoms with Crippen molar-refractivity contribution in [1.29, 1.82) is 0 Å². The number of benzene rings is 3. The second-order valence-corrected chi connectivity index (χ2v) is 7.27. The fraction of sp³-hybridized carbons (Fsp3) is 0.120. The second kappa shape index (κ2) is 6.82. The molecule has 0 spiro atoms. The van der Waals surface area contributed by atoms with E-state index in [0.717, 1.165) is 39.7 Å². The number of hydrogen-bond donors (Lipinski definition) is 0. The molecule has 5 rings (SSSR count). The fourth-order valence-electron chi connectivity index (χ4n) is 3.89. The number of rotatable bonds is 3. The lowest BCUT2D eigenvalue weighted by atomic mass is 10.1. The quantitative estimate of drug-likeness (QED) is 0.370. The van der Waals surface area contributed by atoms with Crippen molar-refractivity contribution in [3.63, 3.8) is 0 Å². The first-order valence-corrected chi connectivity index (χ1v) is 9.78. The Balaban J connectivity index is 1.93. The molecule has 0 saturated carbocycles. The number of aromatic nitrogens is 3. The van der Waals surface area contributed by atoms with Gasteiger partial charge in [-0.2, -0.15) is 5.10 Å². The van der Waals surface area contributed by atoms with Crippen molar-refractivity contribution in [1.82, 2.24) is 14.8 Å². The van der Waals surface area contributed by atoms with Gasteiger partial charge in [-0.1, -0.05) is 67.1 Å². The van der Waals surface area contributed by atoms with E-state index in [0.29, 0.717) is 5.52 Å². The summed E-state index contributed by atoms with van der Waals surface area (Å²) < 4.78 is 16.4. The van der Waals surface area contributed by atoms with Crippen LogP contribution in [-0.4, -0.2) is 14.8 Å². The van der Waals surface area contributed by atoms with Crippen molar-refractivity contribution in [3.8, 4) is 16.9 Å². The van der Waals surface area contributed by atoms with Crippen LogP contribution in [0.15, 0.2) is 72.9 Å². The topological polar surface area (TPSA) is 30.7 Å². The van der Waals surface area contributed by atoms with Crippen LogP contribution in [0.25, 0.3) is 38.8 Å². The number of fused-ring (bicyclic) bond motifs is 3. The van der Waals surface area contributed by atoms with E-state index >= 15 is 0 Å². The third-order valence-corrected chi connectivity index (χ3v) is 5.41. The summed E-state index contributed by atoms with van der Waals surface area (Å²) in [4.78, 5) is 4.43. The normalized spacial score (nSPS) is 11.4. The maximum absolute atomic E-state index is 14.5. The van der Waals surface area contributed by atoms with Gasteiger partial charge < -0.3 is 0 Å². The van der Waals surface area contributed by atoms with Crippen LogP contribution >= 0.6 is 0 Å². The number of nitrogens with zero attached hydrogens (tertiary/aromatic N) is 3. The number of halogens is 1. The molecule has 0 fully saturated rings. The molecule has 142 valence electrons. The van der Waals surface area contributed by atoms with Crippen LogP contribution < -0.4 is 0 Å². The molecule has 0 aliphatic heterocycles. The molecule has 0 unspecified atom stereocenters. The summed E-state index contributed by atoms with van der Waals surface area (Å²) >= 11 is 0. The third-order valence-electron chi connectivity index (χ3n) is 5.41. The van der Waals surface area contributed by atoms with E-state index in [1.807, 2.05) is 22.9 Å². The van der Waals surface area contributed by atoms with Gasteiger partial charge in [0.05, 0.1) is 11.2 Å². The minimum atomic E-state index is -0.321. The predicted molar refractivity (Wildman–Crippen MR) is 116 cm³/mol. The van der Waals surface area contributed by atoms with Crippen LogP contribution in [0.4, 0.5) is 4.39 Å². The van der Waals surface area contributed by atoms with E-state index in [1.54, 1.807) is 12.3 Å². The van der Waals surface area contributed by atoms with Gasteiger partial charge in [0.15, 0.2) is 0 Å². The smallest absolute Gasteiger partial charge is 0.149 e. The summed E-state index contributed by atoms with van der Waals surface area (Å²) in [5.74, 6) is -0.321. The summed E-state index contributed by atoms with van der Waals surface area (Å²) in [5, 5.41) is 6.68. The van der Waals surface area contributed by atoms with Gasteiger partial charge in [-0.05, 0) is 31.0 Å². The Morgan fingerprint density at radius 1 is 0.897 bits per heavy atom. The van der Waals surface area contributed by atoms with Crippen LogP contribution in [0, 0.1) is 12.7 Å². The van der Waals surface area contributed by atoms with E-state index in [-0.39, 0.29) is 5.82 Å². The highest BCUT2D eigenvalue weighted by Crippen LogP contribution is 2.35. The van der Waals surface area contributed by atoms with Gasteiger partial charge in [-0.3, -0.25) is 4.98 Å². The predicted octanol–water partition coefficient (Wildman–Crippen LogP) is 6.25. The highest BCUT2D eigenvalue weighted by molar-refractivity contribution is 6.08. The highest BCUT2D eigenvalue weighted by atomic mass is 19.1. The van der Waals surface area contributed by atoms with Crippen LogP contribution in [0.1, 0.15) is 18.1 Å². The van der Waals surface area contributed by atoms with E-state index in [9.17, 15) is 4.39 Å². The van der Waals surface area contributed by atoms with Gasteiger partial charge in [0.2, 0.25) is 0 Å². The van der Waals surface area contributed by atoms with Crippen molar-refractivity contribution in [3.05, 3.63) is 89.9 Å². The first-order valence-electron chi connectivity index (χ1n) is 9.78. The van der Waals surface area contributed by atoms with Crippen molar-refractivity contribution < 1.29 is 4.39 Å². The maximum atomic E-state index is 14.5. The van der Waals surface area contributed by atoms with E-state index in [1.165, 1.54) is 17.2 Å². The maximum Gasteiger partial charge on any atom is 0.149 e. The average Bonchev–Trinajstić information content (AvgIpc) is 3.14. The molecule has 2 heterocycles. The molecule has 5 aromatic rings. The third kappa shape index (κ3) is 2.80. The Bertz CT molecular complexity index is 1350. The van der Waals surface area contributed by atoms with Crippen molar-refractivity contribution in [2.75, 3.05) is 0 Å². The Morgan fingerprint density at radius 3 is 2.48 bits per heavy atom. The van der Waals surface area contributed by atoms with E-state index < -0.39 is 0 Å². The molecule has 0 aliphatic carbocycles. The lowest BCUT2D eigenvalue weighted by molar-refractivity contribution is 0.637. The molecule has 0 saturated heterocycles. The Morgan fingerprint density at radius 2 is 1.69 bits per heavy atom. The minimum absolute atomic E-state index is 0.321. The van der Waals surface area contributed by atoms with Gasteiger partial charge in [-0.15, -0.1) is 0 Å². The zero-order valence-electron chi connectivity index (χ0n) is 16.4. The van der Waals surface area contributed by atoms with Gasteiger partial charge in [0, 0.05) is 22.5 Å². The van der Waals surface area contributed by atoms with Crippen LogP contribution in [0.2, 0.25) is 0 Å². The fourth-order valence-corrected chi connectivity index (χ4v) is 3.89. The molecular formula is C25H20FN3. The number of pyridine rings is 1. The Kier molecular flexibility index (Phi) is 4.13. The molecule has 3 nitrogen and oxygen atoms in total. The summed E-state index contributed by atoms with van der Waals surface area (Å²) in [6, 6.07) is 21.6. The van der Waals surface area contributed by atoms with E-state index in [2.05, 4.69) is 55.2 Å².